The number of para-hydroxylation sites is 1. The van der Waals surface area contributed by atoms with Crippen molar-refractivity contribution < 1.29 is 4.79 Å². The monoisotopic (exact) mass is 422 g/mol. The quantitative estimate of drug-likeness (QED) is 0.446. The molecule has 6 nitrogen and oxygen atoms in total. The van der Waals surface area contributed by atoms with E-state index < -0.39 is 0 Å². The minimum atomic E-state index is -0.0625. The number of fused-ring (bicyclic) bond motifs is 1. The van der Waals surface area contributed by atoms with Gasteiger partial charge < -0.3 is 10.2 Å². The molecule has 30 heavy (non-hydrogen) atoms. The molecular weight excluding hydrogens is 396 g/mol. The van der Waals surface area contributed by atoms with Crippen molar-refractivity contribution in [1.29, 1.82) is 0 Å². The molecule has 0 radical (unpaired) electrons. The van der Waals surface area contributed by atoms with E-state index in [2.05, 4.69) is 27.3 Å². The van der Waals surface area contributed by atoms with E-state index in [0.29, 0.717) is 22.6 Å². The predicted octanol–water partition coefficient (Wildman–Crippen LogP) is 3.24. The average molecular weight is 423 g/mol. The number of nitrogens with one attached hydrogen (secondary N) is 1. The van der Waals surface area contributed by atoms with Gasteiger partial charge in [-0.1, -0.05) is 54.2 Å². The Morgan fingerprint density at radius 2 is 1.87 bits per heavy atom. The van der Waals surface area contributed by atoms with Crippen LogP contribution in [0.2, 0.25) is 0 Å². The summed E-state index contributed by atoms with van der Waals surface area (Å²) in [5.74, 6) is 0.166. The van der Waals surface area contributed by atoms with Gasteiger partial charge in [-0.2, -0.15) is 0 Å². The second-order valence-electron chi connectivity index (χ2n) is 7.80. The van der Waals surface area contributed by atoms with Crippen LogP contribution in [0.25, 0.3) is 10.9 Å². The Hall–Kier alpha value is -2.64. The maximum atomic E-state index is 12.9. The zero-order valence-electron chi connectivity index (χ0n) is 17.2. The molecular formula is C23H26N4O2S. The number of hydrogen-bond acceptors (Lipinski definition) is 5. The number of likely N-dealkylation sites (N-methyl/N-ethyl adjacent to an activating group) is 1. The van der Waals surface area contributed by atoms with Crippen LogP contribution in [-0.2, 0) is 4.79 Å². The molecule has 1 heterocycles. The van der Waals surface area contributed by atoms with Gasteiger partial charge in [0.05, 0.1) is 22.7 Å². The van der Waals surface area contributed by atoms with Crippen LogP contribution >= 0.6 is 11.8 Å². The number of nitrogens with zero attached hydrogens (tertiary/aromatic N) is 3. The highest BCUT2D eigenvalue weighted by atomic mass is 32.2. The zero-order valence-corrected chi connectivity index (χ0v) is 18.1. The molecule has 1 fully saturated rings. The van der Waals surface area contributed by atoms with Crippen molar-refractivity contribution in [2.24, 2.45) is 0 Å². The Labute approximate surface area is 180 Å². The summed E-state index contributed by atoms with van der Waals surface area (Å²) in [6.45, 7) is 0.525. The van der Waals surface area contributed by atoms with Crippen molar-refractivity contribution in [3.63, 3.8) is 0 Å². The van der Waals surface area contributed by atoms with Gasteiger partial charge in [-0.25, -0.2) is 4.98 Å². The van der Waals surface area contributed by atoms with Crippen molar-refractivity contribution in [3.8, 4) is 0 Å². The molecule has 1 aromatic heterocycles. The summed E-state index contributed by atoms with van der Waals surface area (Å²) >= 11 is 1.33. The largest absolute Gasteiger partial charge is 0.353 e. The van der Waals surface area contributed by atoms with Gasteiger partial charge in [-0.05, 0) is 44.6 Å². The van der Waals surface area contributed by atoms with Crippen LogP contribution in [0.4, 0.5) is 0 Å². The number of benzene rings is 2. The van der Waals surface area contributed by atoms with E-state index in [-0.39, 0.29) is 29.3 Å². The molecule has 156 valence electrons. The summed E-state index contributed by atoms with van der Waals surface area (Å²) in [5.41, 5.74) is 1.83. The highest BCUT2D eigenvalue weighted by molar-refractivity contribution is 7.99. The summed E-state index contributed by atoms with van der Waals surface area (Å²) in [6, 6.07) is 17.8. The van der Waals surface area contributed by atoms with E-state index in [4.69, 9.17) is 0 Å². The lowest BCUT2D eigenvalue weighted by molar-refractivity contribution is -0.118. The third kappa shape index (κ3) is 4.57. The molecule has 0 aliphatic heterocycles. The van der Waals surface area contributed by atoms with Crippen LogP contribution in [0.3, 0.4) is 0 Å². The van der Waals surface area contributed by atoms with Crippen LogP contribution in [0.1, 0.15) is 30.5 Å². The minimum absolute atomic E-state index is 0.0113. The third-order valence-corrected chi connectivity index (χ3v) is 6.27. The zero-order chi connectivity index (χ0) is 21.1. The van der Waals surface area contributed by atoms with Crippen LogP contribution in [0.15, 0.2) is 64.5 Å². The van der Waals surface area contributed by atoms with Gasteiger partial charge in [0, 0.05) is 12.6 Å². The van der Waals surface area contributed by atoms with E-state index in [1.807, 2.05) is 56.6 Å². The lowest BCUT2D eigenvalue weighted by Gasteiger charge is -2.25. The van der Waals surface area contributed by atoms with E-state index in [0.717, 1.165) is 18.4 Å². The first-order chi connectivity index (χ1) is 14.5. The highest BCUT2D eigenvalue weighted by Gasteiger charge is 2.28. The number of amides is 1. The Bertz CT molecular complexity index is 1090. The van der Waals surface area contributed by atoms with Crippen LogP contribution < -0.4 is 10.9 Å². The van der Waals surface area contributed by atoms with Crippen molar-refractivity contribution in [2.45, 2.75) is 30.1 Å². The molecule has 1 atom stereocenters. The fraction of sp³-hybridized carbons (Fsp3) is 0.348. The maximum Gasteiger partial charge on any atom is 0.262 e. The Balaban J connectivity index is 1.44. The van der Waals surface area contributed by atoms with E-state index in [1.165, 1.54) is 11.8 Å². The van der Waals surface area contributed by atoms with Gasteiger partial charge in [0.25, 0.3) is 5.56 Å². The lowest BCUT2D eigenvalue weighted by atomic mass is 10.1. The van der Waals surface area contributed by atoms with Gasteiger partial charge in [0.2, 0.25) is 5.91 Å². The summed E-state index contributed by atoms with van der Waals surface area (Å²) in [4.78, 5) is 32.3. The topological polar surface area (TPSA) is 67.2 Å². The molecule has 0 spiro atoms. The highest BCUT2D eigenvalue weighted by Crippen LogP contribution is 2.36. The number of aromatic nitrogens is 2. The fourth-order valence-electron chi connectivity index (χ4n) is 3.55. The van der Waals surface area contributed by atoms with Crippen molar-refractivity contribution >= 4 is 28.6 Å². The normalized spacial score (nSPS) is 14.8. The van der Waals surface area contributed by atoms with Crippen molar-refractivity contribution in [3.05, 3.63) is 70.5 Å². The van der Waals surface area contributed by atoms with E-state index in [9.17, 15) is 9.59 Å². The first kappa shape index (κ1) is 20.6. The molecule has 4 rings (SSSR count). The summed E-state index contributed by atoms with van der Waals surface area (Å²) < 4.78 is 1.77. The molecule has 1 N–H and O–H groups in total. The third-order valence-electron chi connectivity index (χ3n) is 5.32. The van der Waals surface area contributed by atoms with Crippen LogP contribution in [0, 0.1) is 0 Å². The second kappa shape index (κ2) is 9.02. The molecule has 1 aliphatic rings. The van der Waals surface area contributed by atoms with Gasteiger partial charge in [-0.3, -0.25) is 14.2 Å². The van der Waals surface area contributed by atoms with Gasteiger partial charge >= 0.3 is 0 Å². The first-order valence-corrected chi connectivity index (χ1v) is 11.2. The number of rotatable bonds is 8. The molecule has 0 unspecified atom stereocenters. The molecule has 1 aliphatic carbocycles. The molecule has 0 bridgehead atoms. The Morgan fingerprint density at radius 3 is 2.57 bits per heavy atom. The molecule has 1 saturated carbocycles. The van der Waals surface area contributed by atoms with Gasteiger partial charge in [0.1, 0.15) is 0 Å². The molecule has 2 aromatic carbocycles. The van der Waals surface area contributed by atoms with Crippen LogP contribution in [0.5, 0.6) is 0 Å². The fourth-order valence-corrected chi connectivity index (χ4v) is 4.44. The number of hydrogen-bond donors (Lipinski definition) is 1. The van der Waals surface area contributed by atoms with Crippen molar-refractivity contribution in [2.75, 3.05) is 26.4 Å². The molecule has 1 amide bonds. The smallest absolute Gasteiger partial charge is 0.262 e. The predicted molar refractivity (Wildman–Crippen MR) is 121 cm³/mol. The number of thioether (sulfide) groups is 1. The average Bonchev–Trinajstić information content (AvgIpc) is 3.58. The van der Waals surface area contributed by atoms with Crippen molar-refractivity contribution in [1.82, 2.24) is 19.8 Å². The SMILES string of the molecule is CN(C)[C@H](CNC(=O)CSc1nc2ccccc2c(=O)n1C1CC1)c1ccccc1. The minimum Gasteiger partial charge on any atom is -0.353 e. The summed E-state index contributed by atoms with van der Waals surface area (Å²) in [7, 11) is 4.01. The maximum absolute atomic E-state index is 12.9. The van der Waals surface area contributed by atoms with Crippen LogP contribution in [-0.4, -0.2) is 46.8 Å². The van der Waals surface area contributed by atoms with E-state index in [1.54, 1.807) is 4.57 Å². The first-order valence-electron chi connectivity index (χ1n) is 10.2. The summed E-state index contributed by atoms with van der Waals surface area (Å²) in [5, 5.41) is 4.29. The molecule has 3 aromatic rings. The number of carbonyl (C=O) groups excluding carboxylic acids is 1. The molecule has 0 saturated heterocycles. The summed E-state index contributed by atoms with van der Waals surface area (Å²) in [6.07, 6.45) is 1.97. The standard InChI is InChI=1S/C23H26N4O2S/c1-26(2)20(16-8-4-3-5-9-16)14-24-21(28)15-30-23-25-19-11-7-6-10-18(19)22(29)27(23)17-12-13-17/h3-11,17,20H,12-15H2,1-2H3,(H,24,28)/t20-/m1/s1. The Kier molecular flexibility index (Phi) is 6.20. The molecule has 7 heteroatoms. The Morgan fingerprint density at radius 1 is 1.17 bits per heavy atom. The van der Waals surface area contributed by atoms with Gasteiger partial charge in [-0.15, -0.1) is 0 Å². The van der Waals surface area contributed by atoms with Gasteiger partial charge in [0.15, 0.2) is 5.16 Å². The lowest BCUT2D eigenvalue weighted by Crippen LogP contribution is -2.35. The second-order valence-corrected chi connectivity index (χ2v) is 8.74. The number of carbonyl (C=O) groups is 1. The van der Waals surface area contributed by atoms with E-state index >= 15 is 0 Å².